The molecule has 39 heavy (non-hydrogen) atoms. The molecule has 9 heteroatoms. The van der Waals surface area contributed by atoms with Crippen molar-refractivity contribution in [1.29, 1.82) is 0 Å². The van der Waals surface area contributed by atoms with Crippen LogP contribution in [0.15, 0.2) is 30.7 Å². The summed E-state index contributed by atoms with van der Waals surface area (Å²) in [5.74, 6) is 1.55. The van der Waals surface area contributed by atoms with Crippen molar-refractivity contribution < 1.29 is 14.3 Å². The molecule has 0 saturated carbocycles. The molecule has 206 valence electrons. The molecule has 2 saturated heterocycles. The lowest BCUT2D eigenvalue weighted by Crippen LogP contribution is -2.55. The van der Waals surface area contributed by atoms with Crippen LogP contribution in [0.5, 0.6) is 5.75 Å². The third-order valence-electron chi connectivity index (χ3n) is 8.60. The zero-order valence-corrected chi connectivity index (χ0v) is 23.3. The maximum atomic E-state index is 12.0. The van der Waals surface area contributed by atoms with E-state index >= 15 is 0 Å². The minimum absolute atomic E-state index is 0.139. The number of piperidine rings is 1. The highest BCUT2D eigenvalue weighted by Gasteiger charge is 2.31. The molecule has 4 aromatic rings. The predicted octanol–water partition coefficient (Wildman–Crippen LogP) is 4.35. The predicted molar refractivity (Wildman–Crippen MR) is 151 cm³/mol. The van der Waals surface area contributed by atoms with E-state index in [0.29, 0.717) is 25.0 Å². The molecule has 2 aliphatic rings. The molecule has 0 bridgehead atoms. The minimum Gasteiger partial charge on any atom is -0.492 e. The van der Waals surface area contributed by atoms with Crippen LogP contribution in [0.4, 0.5) is 0 Å². The zero-order chi connectivity index (χ0) is 27.1. The smallest absolute Gasteiger partial charge is 0.198 e. The Morgan fingerprint density at radius 1 is 1.13 bits per heavy atom. The summed E-state index contributed by atoms with van der Waals surface area (Å²) in [6.45, 7) is 11.5. The van der Waals surface area contributed by atoms with Crippen molar-refractivity contribution in [3.8, 4) is 17.0 Å². The SMILES string of the molecule is COc1c(C)c(-c2[nH]c3ccc(C4CCN(C(C=O)N5CCOCC5)CC4)cc3c2C(C)C)cn2ncnc12. The number of ether oxygens (including phenoxy) is 2. The summed E-state index contributed by atoms with van der Waals surface area (Å²) in [6, 6.07) is 6.90. The lowest BCUT2D eigenvalue weighted by molar-refractivity contribution is -0.123. The number of likely N-dealkylation sites (tertiary alicyclic amines) is 1. The third-order valence-corrected chi connectivity index (χ3v) is 8.60. The molecule has 9 nitrogen and oxygen atoms in total. The van der Waals surface area contributed by atoms with Gasteiger partial charge >= 0.3 is 0 Å². The van der Waals surface area contributed by atoms with Crippen LogP contribution >= 0.6 is 0 Å². The molecular weight excluding hydrogens is 492 g/mol. The van der Waals surface area contributed by atoms with Crippen LogP contribution in [0, 0.1) is 6.92 Å². The molecule has 1 unspecified atom stereocenters. The average molecular weight is 531 g/mol. The van der Waals surface area contributed by atoms with Crippen LogP contribution in [0.1, 0.15) is 55.2 Å². The van der Waals surface area contributed by atoms with Gasteiger partial charge in [-0.3, -0.25) is 9.80 Å². The number of aromatic amines is 1. The Balaban J connectivity index is 1.30. The second kappa shape index (κ2) is 10.7. The molecule has 0 radical (unpaired) electrons. The van der Waals surface area contributed by atoms with Crippen molar-refractivity contribution >= 4 is 22.8 Å². The summed E-state index contributed by atoms with van der Waals surface area (Å²) in [7, 11) is 1.69. The minimum atomic E-state index is -0.139. The lowest BCUT2D eigenvalue weighted by Gasteiger charge is -2.41. The number of nitrogens with one attached hydrogen (secondary N) is 1. The number of aldehydes is 1. The molecule has 1 atom stereocenters. The van der Waals surface area contributed by atoms with Gasteiger partial charge in [-0.2, -0.15) is 5.10 Å². The van der Waals surface area contributed by atoms with E-state index in [2.05, 4.69) is 63.8 Å². The maximum absolute atomic E-state index is 12.0. The molecular formula is C30H38N6O3. The van der Waals surface area contributed by atoms with Gasteiger partial charge in [-0.05, 0) is 54.9 Å². The standard InChI is InChI=1S/C30H38N6O3/c1-19(2)27-23-15-22(21-7-9-34(10-8-21)26(17-37)35-11-13-39-14-12-35)5-6-25(23)33-28(27)24-16-36-30(31-18-32-36)29(38-4)20(24)3/h5-6,15-19,21,26,33H,7-14H2,1-4H3. The van der Waals surface area contributed by atoms with E-state index in [1.807, 2.05) is 6.20 Å². The van der Waals surface area contributed by atoms with Crippen LogP contribution < -0.4 is 4.74 Å². The van der Waals surface area contributed by atoms with Gasteiger partial charge in [-0.25, -0.2) is 9.50 Å². The number of aromatic nitrogens is 4. The Bertz CT molecular complexity index is 1480. The summed E-state index contributed by atoms with van der Waals surface area (Å²) in [4.78, 5) is 24.7. The Labute approximate surface area is 229 Å². The Morgan fingerprint density at radius 3 is 2.56 bits per heavy atom. The molecule has 3 aromatic heterocycles. The monoisotopic (exact) mass is 530 g/mol. The molecule has 0 amide bonds. The molecule has 1 aromatic carbocycles. The number of fused-ring (bicyclic) bond motifs is 2. The number of benzene rings is 1. The quantitative estimate of drug-likeness (QED) is 0.355. The first kappa shape index (κ1) is 26.0. The highest BCUT2D eigenvalue weighted by molar-refractivity contribution is 5.93. The Kier molecular flexibility index (Phi) is 7.14. The number of rotatable bonds is 7. The van der Waals surface area contributed by atoms with Gasteiger partial charge < -0.3 is 19.3 Å². The number of morpholine rings is 1. The van der Waals surface area contributed by atoms with Gasteiger partial charge in [-0.15, -0.1) is 0 Å². The largest absolute Gasteiger partial charge is 0.492 e. The van der Waals surface area contributed by atoms with E-state index < -0.39 is 0 Å². The van der Waals surface area contributed by atoms with Crippen LogP contribution in [0.25, 0.3) is 27.8 Å². The van der Waals surface area contributed by atoms with Crippen LogP contribution in [0.2, 0.25) is 0 Å². The van der Waals surface area contributed by atoms with Gasteiger partial charge in [-0.1, -0.05) is 19.9 Å². The fraction of sp³-hybridized carbons (Fsp3) is 0.500. The van der Waals surface area contributed by atoms with E-state index in [0.717, 1.165) is 79.0 Å². The summed E-state index contributed by atoms with van der Waals surface area (Å²) in [6.07, 6.45) is 6.68. The first-order valence-electron chi connectivity index (χ1n) is 14.0. The van der Waals surface area contributed by atoms with Gasteiger partial charge in [0.2, 0.25) is 0 Å². The highest BCUT2D eigenvalue weighted by Crippen LogP contribution is 2.41. The van der Waals surface area contributed by atoms with E-state index in [1.165, 1.54) is 16.5 Å². The van der Waals surface area contributed by atoms with E-state index in [1.54, 1.807) is 18.0 Å². The summed E-state index contributed by atoms with van der Waals surface area (Å²) < 4.78 is 13.0. The molecule has 2 fully saturated rings. The van der Waals surface area contributed by atoms with Gasteiger partial charge in [0.15, 0.2) is 17.7 Å². The van der Waals surface area contributed by atoms with Gasteiger partial charge in [0.25, 0.3) is 0 Å². The number of carbonyl (C=O) groups excluding carboxylic acids is 1. The molecule has 0 aliphatic carbocycles. The molecule has 2 aliphatic heterocycles. The van der Waals surface area contributed by atoms with E-state index in [-0.39, 0.29) is 6.17 Å². The number of carbonyl (C=O) groups is 1. The number of hydrogen-bond donors (Lipinski definition) is 1. The maximum Gasteiger partial charge on any atom is 0.198 e. The fourth-order valence-electron chi connectivity index (χ4n) is 6.55. The number of nitrogens with zero attached hydrogens (tertiary/aromatic N) is 5. The van der Waals surface area contributed by atoms with Crippen molar-refractivity contribution in [3.05, 3.63) is 47.4 Å². The van der Waals surface area contributed by atoms with Crippen LogP contribution in [-0.4, -0.2) is 88.3 Å². The lowest BCUT2D eigenvalue weighted by atomic mass is 9.87. The van der Waals surface area contributed by atoms with E-state index in [4.69, 9.17) is 9.47 Å². The van der Waals surface area contributed by atoms with Gasteiger partial charge in [0, 0.05) is 54.4 Å². The average Bonchev–Trinajstić information content (AvgIpc) is 3.58. The topological polar surface area (TPSA) is 88.0 Å². The number of H-pyrrole nitrogens is 1. The van der Waals surface area contributed by atoms with Gasteiger partial charge in [0.1, 0.15) is 12.5 Å². The molecule has 0 spiro atoms. The highest BCUT2D eigenvalue weighted by atomic mass is 16.5. The van der Waals surface area contributed by atoms with Crippen molar-refractivity contribution in [3.63, 3.8) is 0 Å². The molecule has 5 heterocycles. The summed E-state index contributed by atoms with van der Waals surface area (Å²) in [5, 5.41) is 5.66. The Hall–Kier alpha value is -3.27. The molecule has 1 N–H and O–H groups in total. The number of methoxy groups -OCH3 is 1. The zero-order valence-electron chi connectivity index (χ0n) is 23.3. The van der Waals surface area contributed by atoms with Crippen molar-refractivity contribution in [1.82, 2.24) is 29.4 Å². The number of pyridine rings is 1. The first-order valence-corrected chi connectivity index (χ1v) is 14.0. The Morgan fingerprint density at radius 2 is 1.87 bits per heavy atom. The fourth-order valence-corrected chi connectivity index (χ4v) is 6.55. The van der Waals surface area contributed by atoms with Gasteiger partial charge in [0.05, 0.1) is 26.0 Å². The van der Waals surface area contributed by atoms with Crippen molar-refractivity contribution in [2.24, 2.45) is 0 Å². The normalized spacial score (nSPS) is 18.8. The van der Waals surface area contributed by atoms with Crippen LogP contribution in [0.3, 0.4) is 0 Å². The van der Waals surface area contributed by atoms with E-state index in [9.17, 15) is 4.79 Å². The van der Waals surface area contributed by atoms with Crippen LogP contribution in [-0.2, 0) is 9.53 Å². The second-order valence-corrected chi connectivity index (χ2v) is 11.1. The second-order valence-electron chi connectivity index (χ2n) is 11.1. The summed E-state index contributed by atoms with van der Waals surface area (Å²) >= 11 is 0. The van der Waals surface area contributed by atoms with Crippen molar-refractivity contribution in [2.75, 3.05) is 46.5 Å². The van der Waals surface area contributed by atoms with Crippen molar-refractivity contribution in [2.45, 2.75) is 51.6 Å². The molecule has 6 rings (SSSR count). The number of hydrogen-bond acceptors (Lipinski definition) is 7. The first-order chi connectivity index (χ1) is 19.0. The third kappa shape index (κ3) is 4.62. The summed E-state index contributed by atoms with van der Waals surface area (Å²) in [5.41, 5.74) is 7.78.